The van der Waals surface area contributed by atoms with Gasteiger partial charge in [-0.25, -0.2) is 0 Å². The largest absolute Gasteiger partial charge is 0.387 e. The molecule has 2 nitrogen and oxygen atoms in total. The molecular formula is C13H21NO. The molecule has 1 aromatic rings. The first-order valence-electron chi connectivity index (χ1n) is 5.41. The van der Waals surface area contributed by atoms with E-state index in [0.29, 0.717) is 0 Å². The minimum absolute atomic E-state index is 0.0230. The summed E-state index contributed by atoms with van der Waals surface area (Å²) in [6.45, 7) is 8.30. The van der Waals surface area contributed by atoms with Gasteiger partial charge in [0, 0.05) is 11.6 Å². The van der Waals surface area contributed by atoms with Gasteiger partial charge in [0.15, 0.2) is 0 Å². The third kappa shape index (κ3) is 4.02. The van der Waals surface area contributed by atoms with Gasteiger partial charge in [0.05, 0.1) is 6.10 Å². The normalized spacial score (nSPS) is 16.1. The van der Waals surface area contributed by atoms with Crippen LogP contribution < -0.4 is 5.32 Å². The van der Waals surface area contributed by atoms with Crippen molar-refractivity contribution in [3.8, 4) is 0 Å². The maximum atomic E-state index is 10.1. The SMILES string of the molecule is C[C@@H](NC(C)(C)C)[C@@H](O)c1ccccc1. The average Bonchev–Trinajstić information content (AvgIpc) is 2.15. The van der Waals surface area contributed by atoms with Crippen molar-refractivity contribution < 1.29 is 5.11 Å². The summed E-state index contributed by atoms with van der Waals surface area (Å²) >= 11 is 0. The molecule has 2 heteroatoms. The van der Waals surface area contributed by atoms with Crippen molar-refractivity contribution in [2.45, 2.75) is 45.4 Å². The summed E-state index contributed by atoms with van der Waals surface area (Å²) in [6.07, 6.45) is -0.453. The summed E-state index contributed by atoms with van der Waals surface area (Å²) in [4.78, 5) is 0. The molecule has 0 aliphatic carbocycles. The second kappa shape index (κ2) is 4.77. The molecule has 0 bridgehead atoms. The molecule has 0 spiro atoms. The van der Waals surface area contributed by atoms with Gasteiger partial charge in [0.1, 0.15) is 0 Å². The Balaban J connectivity index is 2.65. The van der Waals surface area contributed by atoms with Crippen LogP contribution in [-0.4, -0.2) is 16.7 Å². The summed E-state index contributed by atoms with van der Waals surface area (Å²) in [5.74, 6) is 0. The van der Waals surface area contributed by atoms with Crippen LogP contribution in [0.25, 0.3) is 0 Å². The molecule has 0 aliphatic rings. The van der Waals surface area contributed by atoms with E-state index in [2.05, 4.69) is 26.1 Å². The number of hydrogen-bond acceptors (Lipinski definition) is 2. The highest BCUT2D eigenvalue weighted by Crippen LogP contribution is 2.17. The minimum atomic E-state index is -0.453. The molecule has 0 aromatic heterocycles. The predicted molar refractivity (Wildman–Crippen MR) is 63.8 cm³/mol. The highest BCUT2D eigenvalue weighted by molar-refractivity contribution is 5.18. The van der Waals surface area contributed by atoms with E-state index in [-0.39, 0.29) is 11.6 Å². The molecule has 0 saturated carbocycles. The Morgan fingerprint density at radius 1 is 1.13 bits per heavy atom. The summed E-state index contributed by atoms with van der Waals surface area (Å²) in [5, 5.41) is 13.5. The maximum absolute atomic E-state index is 10.1. The fourth-order valence-corrected chi connectivity index (χ4v) is 1.70. The molecule has 0 heterocycles. The van der Waals surface area contributed by atoms with Gasteiger partial charge in [0.2, 0.25) is 0 Å². The second-order valence-electron chi connectivity index (χ2n) is 5.04. The van der Waals surface area contributed by atoms with Gasteiger partial charge in [-0.05, 0) is 33.3 Å². The molecule has 2 N–H and O–H groups in total. The molecular weight excluding hydrogens is 186 g/mol. The zero-order valence-electron chi connectivity index (χ0n) is 9.99. The highest BCUT2D eigenvalue weighted by atomic mass is 16.3. The molecule has 2 atom stereocenters. The fourth-order valence-electron chi connectivity index (χ4n) is 1.70. The molecule has 84 valence electrons. The molecule has 0 amide bonds. The van der Waals surface area contributed by atoms with Crippen LogP contribution in [-0.2, 0) is 0 Å². The van der Waals surface area contributed by atoms with Crippen molar-refractivity contribution in [1.29, 1.82) is 0 Å². The van der Waals surface area contributed by atoms with Crippen molar-refractivity contribution >= 4 is 0 Å². The standard InChI is InChI=1S/C13H21NO/c1-10(14-13(2,3)4)12(15)11-8-6-5-7-9-11/h5-10,12,14-15H,1-4H3/t10-,12-/m1/s1. The summed E-state index contributed by atoms with van der Waals surface area (Å²) < 4.78 is 0. The highest BCUT2D eigenvalue weighted by Gasteiger charge is 2.20. The molecule has 0 saturated heterocycles. The lowest BCUT2D eigenvalue weighted by atomic mass is 10.0. The van der Waals surface area contributed by atoms with Crippen LogP contribution in [0.2, 0.25) is 0 Å². The molecule has 1 aromatic carbocycles. The Bertz CT molecular complexity index is 289. The maximum Gasteiger partial charge on any atom is 0.0940 e. The first kappa shape index (κ1) is 12.2. The van der Waals surface area contributed by atoms with Gasteiger partial charge in [-0.3, -0.25) is 0 Å². The Morgan fingerprint density at radius 3 is 2.13 bits per heavy atom. The molecule has 1 rings (SSSR count). The number of hydrogen-bond donors (Lipinski definition) is 2. The van der Waals surface area contributed by atoms with Crippen LogP contribution in [0.3, 0.4) is 0 Å². The van der Waals surface area contributed by atoms with Crippen LogP contribution >= 0.6 is 0 Å². The van der Waals surface area contributed by atoms with Crippen molar-refractivity contribution in [3.05, 3.63) is 35.9 Å². The van der Waals surface area contributed by atoms with Crippen molar-refractivity contribution in [2.75, 3.05) is 0 Å². The first-order valence-corrected chi connectivity index (χ1v) is 5.41. The minimum Gasteiger partial charge on any atom is -0.387 e. The lowest BCUT2D eigenvalue weighted by Crippen LogP contribution is -2.44. The number of aliphatic hydroxyl groups is 1. The van der Waals surface area contributed by atoms with Crippen molar-refractivity contribution in [2.24, 2.45) is 0 Å². The van der Waals surface area contributed by atoms with Crippen LogP contribution in [0, 0.1) is 0 Å². The van der Waals surface area contributed by atoms with Crippen LogP contribution in [0.15, 0.2) is 30.3 Å². The zero-order valence-corrected chi connectivity index (χ0v) is 9.99. The molecule has 0 unspecified atom stereocenters. The van der Waals surface area contributed by atoms with Gasteiger partial charge in [-0.15, -0.1) is 0 Å². The van der Waals surface area contributed by atoms with Gasteiger partial charge in [-0.2, -0.15) is 0 Å². The Hall–Kier alpha value is -0.860. The quantitative estimate of drug-likeness (QED) is 0.798. The van der Waals surface area contributed by atoms with Gasteiger partial charge < -0.3 is 10.4 Å². The fraction of sp³-hybridized carbons (Fsp3) is 0.538. The Labute approximate surface area is 92.3 Å². The topological polar surface area (TPSA) is 32.3 Å². The molecule has 0 aliphatic heterocycles. The van der Waals surface area contributed by atoms with Crippen LogP contribution in [0.5, 0.6) is 0 Å². The van der Waals surface area contributed by atoms with Crippen molar-refractivity contribution in [1.82, 2.24) is 5.32 Å². The lowest BCUT2D eigenvalue weighted by molar-refractivity contribution is 0.121. The van der Waals surface area contributed by atoms with Crippen LogP contribution in [0.1, 0.15) is 39.4 Å². The molecule has 0 radical (unpaired) electrons. The van der Waals surface area contributed by atoms with E-state index in [1.54, 1.807) is 0 Å². The summed E-state index contributed by atoms with van der Waals surface area (Å²) in [7, 11) is 0. The van der Waals surface area contributed by atoms with E-state index in [9.17, 15) is 5.11 Å². The van der Waals surface area contributed by atoms with Gasteiger partial charge in [-0.1, -0.05) is 30.3 Å². The summed E-state index contributed by atoms with van der Waals surface area (Å²) in [6, 6.07) is 9.80. The second-order valence-corrected chi connectivity index (χ2v) is 5.04. The summed E-state index contributed by atoms with van der Waals surface area (Å²) in [5.41, 5.74) is 0.983. The van der Waals surface area contributed by atoms with E-state index in [1.807, 2.05) is 37.3 Å². The first-order chi connectivity index (χ1) is 6.90. The average molecular weight is 207 g/mol. The van der Waals surface area contributed by atoms with E-state index >= 15 is 0 Å². The number of rotatable bonds is 3. The van der Waals surface area contributed by atoms with E-state index in [1.165, 1.54) is 0 Å². The zero-order chi connectivity index (χ0) is 11.5. The third-order valence-electron chi connectivity index (χ3n) is 2.28. The smallest absolute Gasteiger partial charge is 0.0940 e. The van der Waals surface area contributed by atoms with E-state index in [0.717, 1.165) is 5.56 Å². The Kier molecular flexibility index (Phi) is 3.89. The van der Waals surface area contributed by atoms with Gasteiger partial charge >= 0.3 is 0 Å². The number of aliphatic hydroxyl groups excluding tert-OH is 1. The Morgan fingerprint density at radius 2 is 1.67 bits per heavy atom. The third-order valence-corrected chi connectivity index (χ3v) is 2.28. The molecule has 0 fully saturated rings. The predicted octanol–water partition coefficient (Wildman–Crippen LogP) is 2.50. The van der Waals surface area contributed by atoms with E-state index < -0.39 is 6.10 Å². The lowest BCUT2D eigenvalue weighted by Gasteiger charge is -2.29. The van der Waals surface area contributed by atoms with Crippen molar-refractivity contribution in [3.63, 3.8) is 0 Å². The van der Waals surface area contributed by atoms with Crippen LogP contribution in [0.4, 0.5) is 0 Å². The number of benzene rings is 1. The molecule has 15 heavy (non-hydrogen) atoms. The van der Waals surface area contributed by atoms with Gasteiger partial charge in [0.25, 0.3) is 0 Å². The number of nitrogens with one attached hydrogen (secondary N) is 1. The monoisotopic (exact) mass is 207 g/mol. The van der Waals surface area contributed by atoms with E-state index in [4.69, 9.17) is 0 Å².